The maximum atomic E-state index is 12.6. The first-order valence-corrected chi connectivity index (χ1v) is 19.2. The number of quaternary nitrogens is 1. The molecule has 0 aliphatic heterocycles. The standard InChI is InChI=1S/C36H66NO8P/c1-6-8-10-12-14-16-17-18-19-21-23-25-27-29-36(39)45-34(33-44-46(40,41)43-31-30-37(3,4)5)32-42-35(38)28-26-24-22-20-15-13-11-9-7-2/h8,10,12,14,16-17,34H,6-7,9,11,13,15,18-33H2,1-5H3/p+1/b10-8+,14-12+,17-16+. The number of allylic oxidation sites excluding steroid dienone is 6. The first-order valence-electron chi connectivity index (χ1n) is 17.7. The lowest BCUT2D eigenvalue weighted by Crippen LogP contribution is -2.37. The number of rotatable bonds is 31. The molecule has 0 aromatic heterocycles. The fourth-order valence-electron chi connectivity index (χ4n) is 4.42. The predicted octanol–water partition coefficient (Wildman–Crippen LogP) is 9.01. The Hall–Kier alpha value is -1.77. The zero-order chi connectivity index (χ0) is 34.4. The molecule has 0 fully saturated rings. The van der Waals surface area contributed by atoms with Gasteiger partial charge >= 0.3 is 19.8 Å². The summed E-state index contributed by atoms with van der Waals surface area (Å²) in [5, 5.41) is 0. The monoisotopic (exact) mass is 672 g/mol. The molecule has 0 rings (SSSR count). The van der Waals surface area contributed by atoms with Gasteiger partial charge < -0.3 is 18.9 Å². The highest BCUT2D eigenvalue weighted by atomic mass is 31.2. The number of phosphoric ester groups is 1. The summed E-state index contributed by atoms with van der Waals surface area (Å²) in [4.78, 5) is 35.0. The van der Waals surface area contributed by atoms with Crippen molar-refractivity contribution in [1.29, 1.82) is 0 Å². The fourth-order valence-corrected chi connectivity index (χ4v) is 5.16. The van der Waals surface area contributed by atoms with Crippen LogP contribution in [0.4, 0.5) is 0 Å². The minimum Gasteiger partial charge on any atom is -0.462 e. The van der Waals surface area contributed by atoms with Gasteiger partial charge in [0.25, 0.3) is 0 Å². The quantitative estimate of drug-likeness (QED) is 0.0256. The second-order valence-corrected chi connectivity index (χ2v) is 14.4. The number of hydrogen-bond acceptors (Lipinski definition) is 7. The molecule has 0 saturated heterocycles. The molecule has 0 aliphatic carbocycles. The maximum absolute atomic E-state index is 12.6. The highest BCUT2D eigenvalue weighted by molar-refractivity contribution is 7.47. The summed E-state index contributed by atoms with van der Waals surface area (Å²) in [6.45, 7) is 4.21. The van der Waals surface area contributed by atoms with Crippen LogP contribution in [-0.4, -0.2) is 74.9 Å². The number of ether oxygens (including phenoxy) is 2. The van der Waals surface area contributed by atoms with Crippen molar-refractivity contribution in [3.8, 4) is 0 Å². The number of unbranched alkanes of at least 4 members (excludes halogenated alkanes) is 13. The van der Waals surface area contributed by atoms with Crippen LogP contribution in [0.3, 0.4) is 0 Å². The molecule has 268 valence electrons. The van der Waals surface area contributed by atoms with E-state index in [1.165, 1.54) is 38.5 Å². The van der Waals surface area contributed by atoms with Crippen LogP contribution in [0, 0.1) is 0 Å². The number of phosphoric acid groups is 1. The molecule has 0 spiro atoms. The Morgan fingerprint density at radius 2 is 1.24 bits per heavy atom. The van der Waals surface area contributed by atoms with Gasteiger partial charge in [-0.1, -0.05) is 121 Å². The van der Waals surface area contributed by atoms with Crippen LogP contribution in [-0.2, 0) is 32.7 Å². The number of carbonyl (C=O) groups excluding carboxylic acids is 2. The molecule has 9 nitrogen and oxygen atoms in total. The number of likely N-dealkylation sites (N-methyl/N-ethyl adjacent to an activating group) is 1. The summed E-state index contributed by atoms with van der Waals surface area (Å²) < 4.78 is 34.0. The van der Waals surface area contributed by atoms with E-state index < -0.39 is 26.5 Å². The Balaban J connectivity index is 4.52. The third kappa shape index (κ3) is 32.2. The van der Waals surface area contributed by atoms with Crippen LogP contribution < -0.4 is 0 Å². The highest BCUT2D eigenvalue weighted by Crippen LogP contribution is 2.43. The van der Waals surface area contributed by atoms with Gasteiger partial charge in [-0.25, -0.2) is 4.57 Å². The SMILES string of the molecule is CC/C=C/C=C/C=C/CCCCCCCC(=O)OC(COC(=O)CCCCCCCCCCC)COP(=O)(O)OCC[N+](C)(C)C. The van der Waals surface area contributed by atoms with E-state index in [0.29, 0.717) is 17.4 Å². The summed E-state index contributed by atoms with van der Waals surface area (Å²) in [6.07, 6.45) is 29.1. The van der Waals surface area contributed by atoms with Gasteiger partial charge in [0.05, 0.1) is 27.7 Å². The fraction of sp³-hybridized carbons (Fsp3) is 0.778. The van der Waals surface area contributed by atoms with Crippen molar-refractivity contribution in [1.82, 2.24) is 0 Å². The van der Waals surface area contributed by atoms with Crippen molar-refractivity contribution < 1.29 is 42.1 Å². The van der Waals surface area contributed by atoms with E-state index in [1.807, 2.05) is 39.4 Å². The molecular formula is C36H67NO8P+. The normalized spacial score (nSPS) is 14.3. The average molecular weight is 673 g/mol. The van der Waals surface area contributed by atoms with Gasteiger partial charge in [0.2, 0.25) is 0 Å². The Labute approximate surface area is 281 Å². The van der Waals surface area contributed by atoms with Crippen LogP contribution in [0.5, 0.6) is 0 Å². The van der Waals surface area contributed by atoms with E-state index >= 15 is 0 Å². The van der Waals surface area contributed by atoms with Gasteiger partial charge in [0.1, 0.15) is 19.8 Å². The number of carbonyl (C=O) groups is 2. The van der Waals surface area contributed by atoms with Crippen molar-refractivity contribution in [2.45, 2.75) is 136 Å². The van der Waals surface area contributed by atoms with E-state index in [-0.39, 0.29) is 32.0 Å². The number of hydrogen-bond donors (Lipinski definition) is 1. The smallest absolute Gasteiger partial charge is 0.462 e. The van der Waals surface area contributed by atoms with Gasteiger partial charge in [0, 0.05) is 12.8 Å². The summed E-state index contributed by atoms with van der Waals surface area (Å²) in [5.41, 5.74) is 0. The van der Waals surface area contributed by atoms with Crippen LogP contribution in [0.15, 0.2) is 36.5 Å². The number of nitrogens with zero attached hydrogens (tertiary/aromatic N) is 1. The molecule has 0 radical (unpaired) electrons. The zero-order valence-electron chi connectivity index (χ0n) is 29.8. The molecule has 0 bridgehead atoms. The molecule has 0 amide bonds. The van der Waals surface area contributed by atoms with Crippen molar-refractivity contribution in [2.75, 3.05) is 47.5 Å². The van der Waals surface area contributed by atoms with Gasteiger partial charge in [-0.15, -0.1) is 0 Å². The molecule has 0 aromatic carbocycles. The third-order valence-corrected chi connectivity index (χ3v) is 8.23. The van der Waals surface area contributed by atoms with Crippen LogP contribution in [0.25, 0.3) is 0 Å². The lowest BCUT2D eigenvalue weighted by atomic mass is 10.1. The average Bonchev–Trinajstić information content (AvgIpc) is 2.99. The molecule has 2 atom stereocenters. The molecule has 1 N–H and O–H groups in total. The highest BCUT2D eigenvalue weighted by Gasteiger charge is 2.27. The molecule has 0 aromatic rings. The van der Waals surface area contributed by atoms with E-state index in [0.717, 1.165) is 57.8 Å². The Morgan fingerprint density at radius 1 is 0.696 bits per heavy atom. The minimum atomic E-state index is -4.37. The third-order valence-electron chi connectivity index (χ3n) is 7.25. The summed E-state index contributed by atoms with van der Waals surface area (Å²) in [6, 6.07) is 0. The minimum absolute atomic E-state index is 0.0272. The number of esters is 2. The van der Waals surface area contributed by atoms with E-state index in [2.05, 4.69) is 32.1 Å². The molecule has 0 heterocycles. The Bertz CT molecular complexity index is 897. The van der Waals surface area contributed by atoms with Crippen molar-refractivity contribution in [3.63, 3.8) is 0 Å². The maximum Gasteiger partial charge on any atom is 0.472 e. The lowest BCUT2D eigenvalue weighted by Gasteiger charge is -2.24. The topological polar surface area (TPSA) is 108 Å². The molecule has 0 saturated carbocycles. The summed E-state index contributed by atoms with van der Waals surface area (Å²) >= 11 is 0. The summed E-state index contributed by atoms with van der Waals surface area (Å²) in [5.74, 6) is -0.830. The zero-order valence-corrected chi connectivity index (χ0v) is 30.7. The van der Waals surface area contributed by atoms with Crippen LogP contribution in [0.2, 0.25) is 0 Å². The van der Waals surface area contributed by atoms with Crippen LogP contribution in [0.1, 0.15) is 129 Å². The van der Waals surface area contributed by atoms with Gasteiger partial charge in [0.15, 0.2) is 6.10 Å². The summed E-state index contributed by atoms with van der Waals surface area (Å²) in [7, 11) is 1.45. The molecule has 10 heteroatoms. The first-order chi connectivity index (χ1) is 22.0. The van der Waals surface area contributed by atoms with Crippen LogP contribution >= 0.6 is 7.82 Å². The van der Waals surface area contributed by atoms with Crippen molar-refractivity contribution >= 4 is 19.8 Å². The Kier molecular flexibility index (Phi) is 28.2. The largest absolute Gasteiger partial charge is 0.472 e. The van der Waals surface area contributed by atoms with Crippen molar-refractivity contribution in [2.24, 2.45) is 0 Å². The second-order valence-electron chi connectivity index (χ2n) is 12.9. The van der Waals surface area contributed by atoms with E-state index in [1.54, 1.807) is 0 Å². The van der Waals surface area contributed by atoms with Crippen molar-refractivity contribution in [3.05, 3.63) is 36.5 Å². The van der Waals surface area contributed by atoms with Gasteiger partial charge in [-0.05, 0) is 32.1 Å². The van der Waals surface area contributed by atoms with E-state index in [9.17, 15) is 19.0 Å². The molecule has 0 aliphatic rings. The van der Waals surface area contributed by atoms with E-state index in [4.69, 9.17) is 18.5 Å². The first kappa shape index (κ1) is 44.2. The second kappa shape index (κ2) is 29.4. The molecule has 2 unspecified atom stereocenters. The van der Waals surface area contributed by atoms with Gasteiger partial charge in [-0.3, -0.25) is 18.6 Å². The lowest BCUT2D eigenvalue weighted by molar-refractivity contribution is -0.870. The van der Waals surface area contributed by atoms with Gasteiger partial charge in [-0.2, -0.15) is 0 Å². The Morgan fingerprint density at radius 3 is 1.83 bits per heavy atom. The molecular weight excluding hydrogens is 605 g/mol. The predicted molar refractivity (Wildman–Crippen MR) is 187 cm³/mol. The molecule has 46 heavy (non-hydrogen) atoms.